The van der Waals surface area contributed by atoms with Crippen LogP contribution in [0.3, 0.4) is 0 Å². The van der Waals surface area contributed by atoms with E-state index >= 15 is 0 Å². The van der Waals surface area contributed by atoms with Crippen LogP contribution < -0.4 is 10.5 Å². The Labute approximate surface area is 120 Å². The highest BCUT2D eigenvalue weighted by molar-refractivity contribution is 5.37. The zero-order chi connectivity index (χ0) is 14.1. The number of nitrogens with two attached hydrogens (primary N) is 1. The monoisotopic (exact) mass is 267 g/mol. The fourth-order valence-electron chi connectivity index (χ4n) is 2.99. The van der Waals surface area contributed by atoms with Crippen LogP contribution in [0.25, 0.3) is 0 Å². The number of rotatable bonds is 2. The molecule has 2 aromatic rings. The molecule has 0 fully saturated rings. The van der Waals surface area contributed by atoms with Crippen molar-refractivity contribution in [3.05, 3.63) is 64.7 Å². The summed E-state index contributed by atoms with van der Waals surface area (Å²) < 4.78 is 6.19. The van der Waals surface area contributed by atoms with Gasteiger partial charge in [0.15, 0.2) is 0 Å². The van der Waals surface area contributed by atoms with Crippen LogP contribution in [0.4, 0.5) is 0 Å². The Morgan fingerprint density at radius 1 is 1.10 bits per heavy atom. The lowest BCUT2D eigenvalue weighted by molar-refractivity contribution is 0.152. The zero-order valence-corrected chi connectivity index (χ0v) is 12.1. The molecule has 20 heavy (non-hydrogen) atoms. The van der Waals surface area contributed by atoms with Crippen LogP contribution in [0.1, 0.15) is 34.7 Å². The van der Waals surface area contributed by atoms with Crippen molar-refractivity contribution >= 4 is 0 Å². The van der Waals surface area contributed by atoms with Crippen LogP contribution in [0.5, 0.6) is 5.75 Å². The standard InChI is InChI=1S/C18H21NO/c1-12-7-9-16(13(2)11-12)20-17-10-8-14-5-3-4-6-15(14)18(17)19/h3-7,9,11,17-18H,8,10,19H2,1-2H3. The fourth-order valence-corrected chi connectivity index (χ4v) is 2.99. The minimum absolute atomic E-state index is 0.0411. The fraction of sp³-hybridized carbons (Fsp3) is 0.333. The molecule has 104 valence electrons. The summed E-state index contributed by atoms with van der Waals surface area (Å²) in [4.78, 5) is 0. The normalized spacial score (nSPS) is 21.4. The van der Waals surface area contributed by atoms with E-state index in [9.17, 15) is 0 Å². The first kappa shape index (κ1) is 13.2. The molecule has 0 spiro atoms. The van der Waals surface area contributed by atoms with Crippen LogP contribution in [-0.4, -0.2) is 6.10 Å². The average Bonchev–Trinajstić information content (AvgIpc) is 2.45. The largest absolute Gasteiger partial charge is 0.488 e. The van der Waals surface area contributed by atoms with Crippen molar-refractivity contribution in [2.24, 2.45) is 5.73 Å². The number of ether oxygens (including phenoxy) is 1. The number of fused-ring (bicyclic) bond motifs is 1. The van der Waals surface area contributed by atoms with E-state index in [1.54, 1.807) is 0 Å². The van der Waals surface area contributed by atoms with E-state index in [0.29, 0.717) is 0 Å². The Balaban J connectivity index is 1.83. The molecule has 0 saturated carbocycles. The summed E-state index contributed by atoms with van der Waals surface area (Å²) in [6, 6.07) is 14.7. The third-order valence-electron chi connectivity index (χ3n) is 4.12. The molecular weight excluding hydrogens is 246 g/mol. The highest BCUT2D eigenvalue weighted by Gasteiger charge is 2.28. The van der Waals surface area contributed by atoms with E-state index < -0.39 is 0 Å². The van der Waals surface area contributed by atoms with E-state index in [1.807, 2.05) is 0 Å². The van der Waals surface area contributed by atoms with Gasteiger partial charge in [0, 0.05) is 0 Å². The second-order valence-electron chi connectivity index (χ2n) is 5.69. The number of hydrogen-bond acceptors (Lipinski definition) is 2. The Kier molecular flexibility index (Phi) is 3.49. The first-order chi connectivity index (χ1) is 9.65. The molecule has 0 bridgehead atoms. The minimum Gasteiger partial charge on any atom is -0.488 e. The van der Waals surface area contributed by atoms with Crippen molar-refractivity contribution in [2.45, 2.75) is 38.8 Å². The Hall–Kier alpha value is -1.80. The Morgan fingerprint density at radius 2 is 1.90 bits per heavy atom. The summed E-state index contributed by atoms with van der Waals surface area (Å²) in [5.74, 6) is 0.954. The van der Waals surface area contributed by atoms with Crippen molar-refractivity contribution in [3.63, 3.8) is 0 Å². The van der Waals surface area contributed by atoms with Crippen LogP contribution >= 0.6 is 0 Å². The lowest BCUT2D eigenvalue weighted by Gasteiger charge is -2.31. The Morgan fingerprint density at radius 3 is 2.70 bits per heavy atom. The van der Waals surface area contributed by atoms with Crippen LogP contribution in [0.2, 0.25) is 0 Å². The van der Waals surface area contributed by atoms with Gasteiger partial charge in [-0.25, -0.2) is 0 Å². The van der Waals surface area contributed by atoms with E-state index in [2.05, 4.69) is 56.3 Å². The van der Waals surface area contributed by atoms with Gasteiger partial charge < -0.3 is 10.5 Å². The van der Waals surface area contributed by atoms with Crippen LogP contribution in [0, 0.1) is 13.8 Å². The lowest BCUT2D eigenvalue weighted by Crippen LogP contribution is -2.36. The summed E-state index contributed by atoms with van der Waals surface area (Å²) in [5.41, 5.74) is 11.4. The predicted molar refractivity (Wildman–Crippen MR) is 82.0 cm³/mol. The first-order valence-electron chi connectivity index (χ1n) is 7.22. The first-order valence-corrected chi connectivity index (χ1v) is 7.22. The SMILES string of the molecule is Cc1ccc(OC2CCc3ccccc3C2N)c(C)c1. The molecule has 0 aromatic heterocycles. The van der Waals surface area contributed by atoms with Gasteiger partial charge in [0.2, 0.25) is 0 Å². The maximum atomic E-state index is 6.39. The van der Waals surface area contributed by atoms with Gasteiger partial charge in [-0.3, -0.25) is 0 Å². The molecule has 2 N–H and O–H groups in total. The average molecular weight is 267 g/mol. The molecule has 2 heteroatoms. The summed E-state index contributed by atoms with van der Waals surface area (Å²) in [7, 11) is 0. The molecule has 2 atom stereocenters. The van der Waals surface area contributed by atoms with E-state index in [-0.39, 0.29) is 12.1 Å². The lowest BCUT2D eigenvalue weighted by atomic mass is 9.86. The van der Waals surface area contributed by atoms with E-state index in [4.69, 9.17) is 10.5 Å². The quantitative estimate of drug-likeness (QED) is 0.900. The van der Waals surface area contributed by atoms with Crippen molar-refractivity contribution in [1.82, 2.24) is 0 Å². The molecular formula is C18H21NO. The number of aryl methyl sites for hydroxylation is 3. The summed E-state index contributed by atoms with van der Waals surface area (Å²) >= 11 is 0. The van der Waals surface area contributed by atoms with Gasteiger partial charge >= 0.3 is 0 Å². The third-order valence-corrected chi connectivity index (χ3v) is 4.12. The van der Waals surface area contributed by atoms with E-state index in [1.165, 1.54) is 22.3 Å². The van der Waals surface area contributed by atoms with E-state index in [0.717, 1.165) is 18.6 Å². The highest BCUT2D eigenvalue weighted by Crippen LogP contribution is 2.32. The number of hydrogen-bond donors (Lipinski definition) is 1. The Bertz CT molecular complexity index is 621. The molecule has 2 aromatic carbocycles. The molecule has 0 radical (unpaired) electrons. The molecule has 0 amide bonds. The smallest absolute Gasteiger partial charge is 0.122 e. The van der Waals surface area contributed by atoms with Crippen molar-refractivity contribution < 1.29 is 4.74 Å². The molecule has 0 saturated heterocycles. The van der Waals surface area contributed by atoms with Gasteiger partial charge in [0.05, 0.1) is 6.04 Å². The summed E-state index contributed by atoms with van der Waals surface area (Å²) in [6.45, 7) is 4.18. The maximum Gasteiger partial charge on any atom is 0.122 e. The second kappa shape index (κ2) is 5.29. The summed E-state index contributed by atoms with van der Waals surface area (Å²) in [5, 5.41) is 0. The van der Waals surface area contributed by atoms with Gasteiger partial charge in [-0.05, 0) is 49.4 Å². The van der Waals surface area contributed by atoms with Crippen LogP contribution in [0.15, 0.2) is 42.5 Å². The van der Waals surface area contributed by atoms with Gasteiger partial charge in [-0.2, -0.15) is 0 Å². The highest BCUT2D eigenvalue weighted by atomic mass is 16.5. The van der Waals surface area contributed by atoms with Gasteiger partial charge in [0.1, 0.15) is 11.9 Å². The molecule has 0 aliphatic heterocycles. The van der Waals surface area contributed by atoms with Crippen LogP contribution in [-0.2, 0) is 6.42 Å². The van der Waals surface area contributed by atoms with Crippen molar-refractivity contribution in [2.75, 3.05) is 0 Å². The number of benzene rings is 2. The zero-order valence-electron chi connectivity index (χ0n) is 12.1. The minimum atomic E-state index is -0.0411. The molecule has 1 aliphatic rings. The topological polar surface area (TPSA) is 35.2 Å². The molecule has 2 nitrogen and oxygen atoms in total. The molecule has 0 heterocycles. The van der Waals surface area contributed by atoms with Crippen molar-refractivity contribution in [1.29, 1.82) is 0 Å². The molecule has 2 unspecified atom stereocenters. The molecule has 3 rings (SSSR count). The van der Waals surface area contributed by atoms with Gasteiger partial charge in [0.25, 0.3) is 0 Å². The predicted octanol–water partition coefficient (Wildman–Crippen LogP) is 3.70. The molecule has 1 aliphatic carbocycles. The second-order valence-corrected chi connectivity index (χ2v) is 5.69. The van der Waals surface area contributed by atoms with Gasteiger partial charge in [-0.1, -0.05) is 42.0 Å². The van der Waals surface area contributed by atoms with Crippen molar-refractivity contribution in [3.8, 4) is 5.75 Å². The maximum absolute atomic E-state index is 6.39. The summed E-state index contributed by atoms with van der Waals surface area (Å²) in [6.07, 6.45) is 2.08. The van der Waals surface area contributed by atoms with Gasteiger partial charge in [-0.15, -0.1) is 0 Å². The third kappa shape index (κ3) is 2.44.